The van der Waals surface area contributed by atoms with Crippen molar-refractivity contribution in [3.63, 3.8) is 0 Å². The molecule has 0 fully saturated rings. The SMILES string of the molecule is COc1ccc(Br)cc1CCC(C)C(=O)O. The number of ether oxygens (including phenoxy) is 1. The second-order valence-corrected chi connectivity index (χ2v) is 4.65. The standard InChI is InChI=1S/C12H15BrO3/c1-8(12(14)15)3-4-9-7-10(13)5-6-11(9)16-2/h5-8H,3-4H2,1-2H3,(H,14,15). The Bertz CT molecular complexity index is 377. The van der Waals surface area contributed by atoms with Crippen molar-refractivity contribution in [1.82, 2.24) is 0 Å². The summed E-state index contributed by atoms with van der Waals surface area (Å²) in [6.45, 7) is 1.72. The van der Waals surface area contributed by atoms with E-state index in [1.807, 2.05) is 18.2 Å². The maximum absolute atomic E-state index is 10.7. The number of aliphatic carboxylic acids is 1. The highest BCUT2D eigenvalue weighted by molar-refractivity contribution is 9.10. The summed E-state index contributed by atoms with van der Waals surface area (Å²) >= 11 is 3.39. The molecule has 0 saturated carbocycles. The van der Waals surface area contributed by atoms with E-state index in [0.29, 0.717) is 12.8 Å². The van der Waals surface area contributed by atoms with Gasteiger partial charge in [0, 0.05) is 4.47 Å². The number of rotatable bonds is 5. The van der Waals surface area contributed by atoms with E-state index in [1.165, 1.54) is 0 Å². The van der Waals surface area contributed by atoms with Crippen LogP contribution in [-0.2, 0) is 11.2 Å². The Labute approximate surface area is 104 Å². The Morgan fingerprint density at radius 1 is 1.56 bits per heavy atom. The second-order valence-electron chi connectivity index (χ2n) is 3.73. The Morgan fingerprint density at radius 3 is 2.81 bits per heavy atom. The van der Waals surface area contributed by atoms with Crippen LogP contribution in [0.1, 0.15) is 18.9 Å². The zero-order valence-corrected chi connectivity index (χ0v) is 11.0. The number of carboxylic acid groups (broad SMARTS) is 1. The molecule has 1 rings (SSSR count). The molecule has 1 N–H and O–H groups in total. The van der Waals surface area contributed by atoms with Crippen molar-refractivity contribution in [2.45, 2.75) is 19.8 Å². The molecule has 0 radical (unpaired) electrons. The second kappa shape index (κ2) is 5.89. The molecule has 0 saturated heterocycles. The third kappa shape index (κ3) is 3.52. The highest BCUT2D eigenvalue weighted by atomic mass is 79.9. The van der Waals surface area contributed by atoms with E-state index in [4.69, 9.17) is 9.84 Å². The van der Waals surface area contributed by atoms with Gasteiger partial charge >= 0.3 is 5.97 Å². The van der Waals surface area contributed by atoms with Crippen molar-refractivity contribution in [2.24, 2.45) is 5.92 Å². The van der Waals surface area contributed by atoms with Gasteiger partial charge in [0.15, 0.2) is 0 Å². The molecular formula is C12H15BrO3. The van der Waals surface area contributed by atoms with Gasteiger partial charge in [-0.3, -0.25) is 4.79 Å². The van der Waals surface area contributed by atoms with Crippen molar-refractivity contribution >= 4 is 21.9 Å². The third-order valence-corrected chi connectivity index (χ3v) is 3.00. The van der Waals surface area contributed by atoms with E-state index in [2.05, 4.69) is 15.9 Å². The summed E-state index contributed by atoms with van der Waals surface area (Å²) in [4.78, 5) is 10.7. The quantitative estimate of drug-likeness (QED) is 0.905. The molecule has 0 bridgehead atoms. The number of benzene rings is 1. The minimum Gasteiger partial charge on any atom is -0.496 e. The van der Waals surface area contributed by atoms with Gasteiger partial charge in [-0.05, 0) is 36.6 Å². The number of halogens is 1. The zero-order valence-electron chi connectivity index (χ0n) is 9.37. The number of aryl methyl sites for hydroxylation is 1. The fraction of sp³-hybridized carbons (Fsp3) is 0.417. The van der Waals surface area contributed by atoms with Crippen LogP contribution in [0.3, 0.4) is 0 Å². The van der Waals surface area contributed by atoms with E-state index in [-0.39, 0.29) is 5.92 Å². The molecule has 88 valence electrons. The van der Waals surface area contributed by atoms with Crippen molar-refractivity contribution in [3.05, 3.63) is 28.2 Å². The number of carbonyl (C=O) groups is 1. The summed E-state index contributed by atoms with van der Waals surface area (Å²) in [5, 5.41) is 8.80. The van der Waals surface area contributed by atoms with E-state index in [9.17, 15) is 4.79 Å². The molecule has 0 aliphatic rings. The third-order valence-electron chi connectivity index (χ3n) is 2.51. The maximum Gasteiger partial charge on any atom is 0.306 e. The molecule has 0 amide bonds. The first-order valence-electron chi connectivity index (χ1n) is 5.09. The average Bonchev–Trinajstić information content (AvgIpc) is 2.25. The van der Waals surface area contributed by atoms with Gasteiger partial charge in [-0.25, -0.2) is 0 Å². The summed E-state index contributed by atoms with van der Waals surface area (Å²) in [6, 6.07) is 5.75. The first-order valence-corrected chi connectivity index (χ1v) is 5.89. The number of hydrogen-bond donors (Lipinski definition) is 1. The lowest BCUT2D eigenvalue weighted by Gasteiger charge is -2.10. The maximum atomic E-state index is 10.7. The molecule has 1 unspecified atom stereocenters. The van der Waals surface area contributed by atoms with Crippen molar-refractivity contribution in [2.75, 3.05) is 7.11 Å². The lowest BCUT2D eigenvalue weighted by Crippen LogP contribution is -2.10. The van der Waals surface area contributed by atoms with Gasteiger partial charge in [0.2, 0.25) is 0 Å². The average molecular weight is 287 g/mol. The van der Waals surface area contributed by atoms with Crippen molar-refractivity contribution in [3.8, 4) is 5.75 Å². The van der Waals surface area contributed by atoms with Gasteiger partial charge in [-0.2, -0.15) is 0 Å². The topological polar surface area (TPSA) is 46.5 Å². The lowest BCUT2D eigenvalue weighted by atomic mass is 10.0. The van der Waals surface area contributed by atoms with Gasteiger partial charge in [0.25, 0.3) is 0 Å². The van der Waals surface area contributed by atoms with Crippen LogP contribution in [0, 0.1) is 5.92 Å². The molecule has 4 heteroatoms. The summed E-state index contributed by atoms with van der Waals surface area (Å²) in [6.07, 6.45) is 1.32. The predicted molar refractivity (Wildman–Crippen MR) is 65.8 cm³/mol. The minimum atomic E-state index is -0.756. The highest BCUT2D eigenvalue weighted by Gasteiger charge is 2.12. The summed E-state index contributed by atoms with van der Waals surface area (Å²) < 4.78 is 6.20. The number of carboxylic acids is 1. The zero-order chi connectivity index (χ0) is 12.1. The molecule has 0 spiro atoms. The van der Waals surface area contributed by atoms with E-state index < -0.39 is 5.97 Å². The molecule has 0 aromatic heterocycles. The van der Waals surface area contributed by atoms with Gasteiger partial charge < -0.3 is 9.84 Å². The van der Waals surface area contributed by atoms with Crippen LogP contribution in [0.4, 0.5) is 0 Å². The van der Waals surface area contributed by atoms with Crippen LogP contribution in [0.25, 0.3) is 0 Å². The molecule has 0 heterocycles. The Hall–Kier alpha value is -1.03. The number of hydrogen-bond acceptors (Lipinski definition) is 2. The first kappa shape index (κ1) is 13.0. The summed E-state index contributed by atoms with van der Waals surface area (Å²) in [7, 11) is 1.62. The molecular weight excluding hydrogens is 272 g/mol. The monoisotopic (exact) mass is 286 g/mol. The smallest absolute Gasteiger partial charge is 0.306 e. The molecule has 1 aromatic rings. The Balaban J connectivity index is 2.72. The minimum absolute atomic E-state index is 0.330. The van der Waals surface area contributed by atoms with Crippen LogP contribution >= 0.6 is 15.9 Å². The van der Waals surface area contributed by atoms with Crippen LogP contribution in [-0.4, -0.2) is 18.2 Å². The summed E-state index contributed by atoms with van der Waals surface area (Å²) in [5.41, 5.74) is 1.03. The molecule has 16 heavy (non-hydrogen) atoms. The number of methoxy groups -OCH3 is 1. The largest absolute Gasteiger partial charge is 0.496 e. The Morgan fingerprint density at radius 2 is 2.25 bits per heavy atom. The highest BCUT2D eigenvalue weighted by Crippen LogP contribution is 2.25. The molecule has 1 atom stereocenters. The van der Waals surface area contributed by atoms with Crippen LogP contribution in [0.15, 0.2) is 22.7 Å². The van der Waals surface area contributed by atoms with Gasteiger partial charge in [0.05, 0.1) is 13.0 Å². The van der Waals surface area contributed by atoms with Crippen LogP contribution in [0.5, 0.6) is 5.75 Å². The normalized spacial score (nSPS) is 12.2. The van der Waals surface area contributed by atoms with Crippen LogP contribution < -0.4 is 4.74 Å². The van der Waals surface area contributed by atoms with Gasteiger partial charge in [0.1, 0.15) is 5.75 Å². The van der Waals surface area contributed by atoms with E-state index in [0.717, 1.165) is 15.8 Å². The molecule has 0 aliphatic heterocycles. The summed E-state index contributed by atoms with van der Waals surface area (Å²) in [5.74, 6) is -0.279. The fourth-order valence-corrected chi connectivity index (χ4v) is 1.85. The van der Waals surface area contributed by atoms with E-state index in [1.54, 1.807) is 14.0 Å². The van der Waals surface area contributed by atoms with Crippen LogP contribution in [0.2, 0.25) is 0 Å². The van der Waals surface area contributed by atoms with Crippen molar-refractivity contribution in [1.29, 1.82) is 0 Å². The molecule has 0 aliphatic carbocycles. The lowest BCUT2D eigenvalue weighted by molar-refractivity contribution is -0.141. The molecule has 3 nitrogen and oxygen atoms in total. The first-order chi connectivity index (χ1) is 7.54. The molecule has 1 aromatic carbocycles. The van der Waals surface area contributed by atoms with Gasteiger partial charge in [-0.1, -0.05) is 22.9 Å². The predicted octanol–water partition coefficient (Wildman–Crippen LogP) is 3.11. The Kier molecular flexibility index (Phi) is 4.80. The fourth-order valence-electron chi connectivity index (χ4n) is 1.44. The van der Waals surface area contributed by atoms with E-state index >= 15 is 0 Å². The van der Waals surface area contributed by atoms with Crippen molar-refractivity contribution < 1.29 is 14.6 Å². The van der Waals surface area contributed by atoms with Gasteiger partial charge in [-0.15, -0.1) is 0 Å².